The van der Waals surface area contributed by atoms with Crippen LogP contribution in [0.3, 0.4) is 0 Å². The first-order chi connectivity index (χ1) is 11.1. The van der Waals surface area contributed by atoms with Gasteiger partial charge >= 0.3 is 5.97 Å². The molecule has 0 saturated carbocycles. The van der Waals surface area contributed by atoms with E-state index in [9.17, 15) is 9.90 Å². The maximum atomic E-state index is 11.3. The third-order valence-electron chi connectivity index (χ3n) is 4.71. The second kappa shape index (κ2) is 6.85. The lowest BCUT2D eigenvalue weighted by molar-refractivity contribution is 0.0702. The van der Waals surface area contributed by atoms with Crippen molar-refractivity contribution in [3.05, 3.63) is 45.6 Å². The number of carbonyl (C=O) groups is 1. The molecule has 3 rings (SSSR count). The highest BCUT2D eigenvalue weighted by molar-refractivity contribution is 7.14. The lowest BCUT2D eigenvalue weighted by Crippen LogP contribution is -2.23. The molecular weight excluding hydrogens is 306 g/mol. The summed E-state index contributed by atoms with van der Waals surface area (Å²) in [6, 6.07) is 10.8. The van der Waals surface area contributed by atoms with Gasteiger partial charge in [-0.25, -0.2) is 4.79 Å². The SMILES string of the molecule is CCc1sc(C(=O)O)cc1-c1cccc([C@@H](C)N2CCCC2)c1. The number of hydrogen-bond acceptors (Lipinski definition) is 3. The van der Waals surface area contributed by atoms with Crippen LogP contribution in [0.4, 0.5) is 0 Å². The van der Waals surface area contributed by atoms with Gasteiger partial charge in [-0.15, -0.1) is 11.3 Å². The van der Waals surface area contributed by atoms with E-state index in [2.05, 4.69) is 43.0 Å². The van der Waals surface area contributed by atoms with Crippen molar-refractivity contribution in [2.45, 2.75) is 39.2 Å². The van der Waals surface area contributed by atoms with Crippen LogP contribution in [0.2, 0.25) is 0 Å². The summed E-state index contributed by atoms with van der Waals surface area (Å²) in [5.74, 6) is -0.836. The highest BCUT2D eigenvalue weighted by Gasteiger charge is 2.20. The Kier molecular flexibility index (Phi) is 4.83. The Morgan fingerprint density at radius 3 is 2.70 bits per heavy atom. The molecule has 1 aliphatic rings. The van der Waals surface area contributed by atoms with Gasteiger partial charge in [0.1, 0.15) is 4.88 Å². The third-order valence-corrected chi connectivity index (χ3v) is 5.98. The maximum Gasteiger partial charge on any atom is 0.345 e. The van der Waals surface area contributed by atoms with Crippen molar-refractivity contribution in [2.75, 3.05) is 13.1 Å². The summed E-state index contributed by atoms with van der Waals surface area (Å²) in [6.45, 7) is 6.69. The van der Waals surface area contributed by atoms with Gasteiger partial charge in [0.2, 0.25) is 0 Å². The fourth-order valence-electron chi connectivity index (χ4n) is 3.35. The summed E-state index contributed by atoms with van der Waals surface area (Å²) in [6.07, 6.45) is 3.44. The molecule has 0 unspecified atom stereocenters. The first-order valence-electron chi connectivity index (χ1n) is 8.30. The van der Waals surface area contributed by atoms with E-state index in [1.54, 1.807) is 0 Å². The number of rotatable bonds is 5. The molecule has 1 N–H and O–H groups in total. The quantitative estimate of drug-likeness (QED) is 0.854. The molecule has 2 aromatic rings. The lowest BCUT2D eigenvalue weighted by Gasteiger charge is -2.24. The van der Waals surface area contributed by atoms with Crippen molar-refractivity contribution in [2.24, 2.45) is 0 Å². The third kappa shape index (κ3) is 3.33. The molecule has 0 aliphatic carbocycles. The number of benzene rings is 1. The van der Waals surface area contributed by atoms with Crippen LogP contribution in [0.5, 0.6) is 0 Å². The average molecular weight is 329 g/mol. The molecule has 1 fully saturated rings. The minimum atomic E-state index is -0.836. The summed E-state index contributed by atoms with van der Waals surface area (Å²) >= 11 is 1.39. The number of hydrogen-bond donors (Lipinski definition) is 1. The van der Waals surface area contributed by atoms with Gasteiger partial charge in [-0.2, -0.15) is 0 Å². The molecule has 0 amide bonds. The second-order valence-electron chi connectivity index (χ2n) is 6.15. The van der Waals surface area contributed by atoms with Crippen LogP contribution < -0.4 is 0 Å². The smallest absolute Gasteiger partial charge is 0.345 e. The molecule has 3 nitrogen and oxygen atoms in total. The minimum Gasteiger partial charge on any atom is -0.477 e. The number of aromatic carboxylic acids is 1. The average Bonchev–Trinajstić information content (AvgIpc) is 3.23. The summed E-state index contributed by atoms with van der Waals surface area (Å²) in [4.78, 5) is 15.4. The molecule has 1 saturated heterocycles. The summed E-state index contributed by atoms with van der Waals surface area (Å²) in [5, 5.41) is 9.26. The van der Waals surface area contributed by atoms with Crippen molar-refractivity contribution in [1.29, 1.82) is 0 Å². The van der Waals surface area contributed by atoms with Crippen molar-refractivity contribution < 1.29 is 9.90 Å². The van der Waals surface area contributed by atoms with E-state index in [0.29, 0.717) is 10.9 Å². The predicted molar refractivity (Wildman–Crippen MR) is 95.3 cm³/mol. The monoisotopic (exact) mass is 329 g/mol. The zero-order valence-electron chi connectivity index (χ0n) is 13.7. The highest BCUT2D eigenvalue weighted by atomic mass is 32.1. The molecule has 23 heavy (non-hydrogen) atoms. The number of thiophene rings is 1. The van der Waals surface area contributed by atoms with Gasteiger partial charge in [0.05, 0.1) is 0 Å². The summed E-state index contributed by atoms with van der Waals surface area (Å²) in [7, 11) is 0. The van der Waals surface area contributed by atoms with Crippen molar-refractivity contribution in [3.8, 4) is 11.1 Å². The number of carboxylic acids is 1. The van der Waals surface area contributed by atoms with Gasteiger partial charge in [0.15, 0.2) is 0 Å². The van der Waals surface area contributed by atoms with Gasteiger partial charge in [-0.3, -0.25) is 4.90 Å². The van der Waals surface area contributed by atoms with Crippen molar-refractivity contribution >= 4 is 17.3 Å². The van der Waals surface area contributed by atoms with Gasteiger partial charge in [-0.1, -0.05) is 25.1 Å². The van der Waals surface area contributed by atoms with Crippen LogP contribution in [0, 0.1) is 0 Å². The van der Waals surface area contributed by atoms with Gasteiger partial charge in [0, 0.05) is 10.9 Å². The summed E-state index contributed by atoms with van der Waals surface area (Å²) < 4.78 is 0. The fourth-order valence-corrected chi connectivity index (χ4v) is 4.31. The van der Waals surface area contributed by atoms with E-state index < -0.39 is 5.97 Å². The molecule has 1 aromatic heterocycles. The molecule has 1 aromatic carbocycles. The van der Waals surface area contributed by atoms with Crippen LogP contribution in [0.1, 0.15) is 52.8 Å². The predicted octanol–water partition coefficient (Wildman–Crippen LogP) is 4.83. The zero-order valence-corrected chi connectivity index (χ0v) is 14.5. The highest BCUT2D eigenvalue weighted by Crippen LogP contribution is 2.34. The molecular formula is C19H23NO2S. The maximum absolute atomic E-state index is 11.3. The zero-order chi connectivity index (χ0) is 16.4. The van der Waals surface area contributed by atoms with E-state index in [0.717, 1.165) is 22.4 Å². The Balaban J connectivity index is 1.94. The van der Waals surface area contributed by atoms with Crippen LogP contribution in [-0.2, 0) is 6.42 Å². The Hall–Kier alpha value is -1.65. The van der Waals surface area contributed by atoms with E-state index in [1.165, 1.54) is 42.8 Å². The van der Waals surface area contributed by atoms with Crippen LogP contribution in [0.25, 0.3) is 11.1 Å². The van der Waals surface area contributed by atoms with E-state index >= 15 is 0 Å². The molecule has 122 valence electrons. The first kappa shape index (κ1) is 16.2. The van der Waals surface area contributed by atoms with E-state index in [1.807, 2.05) is 6.07 Å². The number of aryl methyl sites for hydroxylation is 1. The Morgan fingerprint density at radius 2 is 2.04 bits per heavy atom. The normalized spacial score (nSPS) is 16.6. The van der Waals surface area contributed by atoms with E-state index in [4.69, 9.17) is 0 Å². The molecule has 0 bridgehead atoms. The molecule has 2 heterocycles. The fraction of sp³-hybridized carbons (Fsp3) is 0.421. The van der Waals surface area contributed by atoms with Crippen LogP contribution in [-0.4, -0.2) is 29.1 Å². The standard InChI is InChI=1S/C19H23NO2S/c1-3-17-16(12-18(23-17)19(21)22)15-8-6-7-14(11-15)13(2)20-9-4-5-10-20/h6-8,11-13H,3-5,9-10H2,1-2H3,(H,21,22)/t13-/m1/s1. The number of nitrogens with zero attached hydrogens (tertiary/aromatic N) is 1. The molecule has 0 spiro atoms. The van der Waals surface area contributed by atoms with E-state index in [-0.39, 0.29) is 0 Å². The Bertz CT molecular complexity index is 701. The lowest BCUT2D eigenvalue weighted by atomic mass is 9.99. The number of likely N-dealkylation sites (tertiary alicyclic amines) is 1. The van der Waals surface area contributed by atoms with Gasteiger partial charge in [0.25, 0.3) is 0 Å². The Labute approximate surface area is 141 Å². The largest absolute Gasteiger partial charge is 0.477 e. The summed E-state index contributed by atoms with van der Waals surface area (Å²) in [5.41, 5.74) is 3.52. The second-order valence-corrected chi connectivity index (χ2v) is 7.29. The number of carboxylic acid groups (broad SMARTS) is 1. The molecule has 0 radical (unpaired) electrons. The topological polar surface area (TPSA) is 40.5 Å². The molecule has 4 heteroatoms. The minimum absolute atomic E-state index is 0.417. The molecule has 1 atom stereocenters. The van der Waals surface area contributed by atoms with Crippen molar-refractivity contribution in [1.82, 2.24) is 4.90 Å². The van der Waals surface area contributed by atoms with Crippen molar-refractivity contribution in [3.63, 3.8) is 0 Å². The first-order valence-corrected chi connectivity index (χ1v) is 9.12. The van der Waals surface area contributed by atoms with Crippen LogP contribution >= 0.6 is 11.3 Å². The van der Waals surface area contributed by atoms with Gasteiger partial charge < -0.3 is 5.11 Å². The molecule has 1 aliphatic heterocycles. The Morgan fingerprint density at radius 1 is 1.30 bits per heavy atom. The van der Waals surface area contributed by atoms with Gasteiger partial charge in [-0.05, 0) is 68.1 Å². The van der Waals surface area contributed by atoms with Crippen LogP contribution in [0.15, 0.2) is 30.3 Å².